The average Bonchev–Trinajstić information content (AvgIpc) is 3.32. The molecule has 1 aromatic rings. The topological polar surface area (TPSA) is 78.5 Å². The molecule has 2 aliphatic heterocycles. The van der Waals surface area contributed by atoms with Crippen molar-refractivity contribution in [2.24, 2.45) is 0 Å². The van der Waals surface area contributed by atoms with Gasteiger partial charge in [0.1, 0.15) is 17.5 Å². The van der Waals surface area contributed by atoms with Gasteiger partial charge in [-0.2, -0.15) is 11.8 Å². The quantitative estimate of drug-likeness (QED) is 0.672. The lowest BCUT2D eigenvalue weighted by Crippen LogP contribution is -2.54. The van der Waals surface area contributed by atoms with Gasteiger partial charge in [-0.15, -0.1) is 11.8 Å². The highest BCUT2D eigenvalue weighted by Crippen LogP contribution is 2.48. The van der Waals surface area contributed by atoms with E-state index in [4.69, 9.17) is 0 Å². The van der Waals surface area contributed by atoms with Gasteiger partial charge in [0.05, 0.1) is 0 Å². The van der Waals surface area contributed by atoms with Crippen molar-refractivity contribution in [2.75, 3.05) is 17.8 Å². The fourth-order valence-electron chi connectivity index (χ4n) is 4.56. The van der Waals surface area contributed by atoms with Crippen LogP contribution >= 0.6 is 23.5 Å². The van der Waals surface area contributed by atoms with Crippen LogP contribution in [0.25, 0.3) is 0 Å². The van der Waals surface area contributed by atoms with Gasteiger partial charge in [-0.05, 0) is 42.9 Å². The summed E-state index contributed by atoms with van der Waals surface area (Å²) in [6.07, 6.45) is 8.12. The summed E-state index contributed by atoms with van der Waals surface area (Å²) in [5.74, 6) is 0.932. The van der Waals surface area contributed by atoms with Crippen LogP contribution in [-0.2, 0) is 9.59 Å². The molecule has 30 heavy (non-hydrogen) atoms. The van der Waals surface area contributed by atoms with Crippen LogP contribution in [0.15, 0.2) is 24.3 Å². The molecule has 3 atom stereocenters. The number of nitrogens with zero attached hydrogens (tertiary/aromatic N) is 1. The minimum Gasteiger partial charge on any atom is -0.352 e. The van der Waals surface area contributed by atoms with Gasteiger partial charge in [-0.1, -0.05) is 37.5 Å². The van der Waals surface area contributed by atoms with Crippen molar-refractivity contribution in [2.45, 2.75) is 62.0 Å². The zero-order valence-corrected chi connectivity index (χ0v) is 18.9. The number of hydrogen-bond donors (Lipinski definition) is 2. The smallest absolute Gasteiger partial charge is 0.256 e. The highest BCUT2D eigenvalue weighted by atomic mass is 32.2. The van der Waals surface area contributed by atoms with Gasteiger partial charge in [0.2, 0.25) is 11.8 Å². The van der Waals surface area contributed by atoms with Crippen molar-refractivity contribution >= 4 is 41.2 Å². The van der Waals surface area contributed by atoms with Gasteiger partial charge in [0.25, 0.3) is 5.91 Å². The summed E-state index contributed by atoms with van der Waals surface area (Å²) in [4.78, 5) is 40.7. The predicted octanol–water partition coefficient (Wildman–Crippen LogP) is 2.94. The number of amides is 3. The van der Waals surface area contributed by atoms with Crippen LogP contribution in [0.1, 0.15) is 59.8 Å². The van der Waals surface area contributed by atoms with E-state index in [0.717, 1.165) is 37.0 Å². The van der Waals surface area contributed by atoms with E-state index in [1.165, 1.54) is 6.42 Å². The zero-order valence-electron chi connectivity index (χ0n) is 17.3. The molecule has 0 aromatic heterocycles. The summed E-state index contributed by atoms with van der Waals surface area (Å²) < 4.78 is 0. The number of carbonyl (C=O) groups is 3. The first kappa shape index (κ1) is 21.6. The van der Waals surface area contributed by atoms with Crippen LogP contribution in [0.2, 0.25) is 0 Å². The minimum absolute atomic E-state index is 0.0897. The Hall–Kier alpha value is -1.67. The molecule has 3 aliphatic rings. The Bertz CT molecular complexity index is 813. The molecule has 0 unspecified atom stereocenters. The first-order valence-electron chi connectivity index (χ1n) is 10.7. The Morgan fingerprint density at radius 2 is 2.00 bits per heavy atom. The zero-order chi connectivity index (χ0) is 21.1. The van der Waals surface area contributed by atoms with Gasteiger partial charge in [-0.25, -0.2) is 0 Å². The van der Waals surface area contributed by atoms with E-state index < -0.39 is 12.1 Å². The normalized spacial score (nSPS) is 24.3. The fraction of sp³-hybridized carbons (Fsp3) is 0.591. The third kappa shape index (κ3) is 4.35. The largest absolute Gasteiger partial charge is 0.352 e. The van der Waals surface area contributed by atoms with E-state index in [0.29, 0.717) is 17.7 Å². The lowest BCUT2D eigenvalue weighted by molar-refractivity contribution is -0.131. The first-order valence-corrected chi connectivity index (χ1v) is 13.2. The lowest BCUT2D eigenvalue weighted by atomic mass is 9.95. The highest BCUT2D eigenvalue weighted by molar-refractivity contribution is 7.99. The van der Waals surface area contributed by atoms with Crippen LogP contribution < -0.4 is 10.6 Å². The third-order valence-electron chi connectivity index (χ3n) is 6.19. The second-order valence-corrected chi connectivity index (χ2v) is 10.3. The van der Waals surface area contributed by atoms with E-state index in [1.807, 2.05) is 30.5 Å². The van der Waals surface area contributed by atoms with Crippen LogP contribution in [0, 0.1) is 0 Å². The van der Waals surface area contributed by atoms with Crippen molar-refractivity contribution in [1.82, 2.24) is 15.5 Å². The van der Waals surface area contributed by atoms with Gasteiger partial charge >= 0.3 is 0 Å². The van der Waals surface area contributed by atoms with Crippen LogP contribution in [0.4, 0.5) is 0 Å². The molecule has 1 saturated carbocycles. The summed E-state index contributed by atoms with van der Waals surface area (Å²) in [5, 5.41) is 6.01. The molecular weight excluding hydrogens is 418 g/mol. The summed E-state index contributed by atoms with van der Waals surface area (Å²) >= 11 is 3.28. The number of hydrogen-bond acceptors (Lipinski definition) is 5. The summed E-state index contributed by atoms with van der Waals surface area (Å²) in [7, 11) is 0. The molecule has 1 saturated heterocycles. The summed E-state index contributed by atoms with van der Waals surface area (Å²) in [5.41, 5.74) is 1.67. The molecule has 8 heteroatoms. The molecule has 3 amide bonds. The molecule has 2 N–H and O–H groups in total. The van der Waals surface area contributed by atoms with Gasteiger partial charge in [0, 0.05) is 17.4 Å². The van der Waals surface area contributed by atoms with Crippen molar-refractivity contribution in [3.8, 4) is 0 Å². The molecule has 0 radical (unpaired) electrons. The maximum atomic E-state index is 13.1. The van der Waals surface area contributed by atoms with Gasteiger partial charge < -0.3 is 15.5 Å². The Labute approximate surface area is 186 Å². The van der Waals surface area contributed by atoms with Crippen LogP contribution in [0.5, 0.6) is 0 Å². The molecule has 2 heterocycles. The third-order valence-corrected chi connectivity index (χ3v) is 8.14. The molecule has 6 nitrogen and oxygen atoms in total. The summed E-state index contributed by atoms with van der Waals surface area (Å²) in [6.45, 7) is 0. The highest BCUT2D eigenvalue weighted by Gasteiger charge is 2.48. The maximum Gasteiger partial charge on any atom is 0.256 e. The molecule has 0 bridgehead atoms. The second-order valence-electron chi connectivity index (χ2n) is 8.19. The SMILES string of the molecule is CSCC[C@H](NC(=O)[C@@H]1CS[C@@H]2c3ccccc3C(=O)N21)C(=O)NC1CCCCC1. The predicted molar refractivity (Wildman–Crippen MR) is 122 cm³/mol. The molecule has 1 aromatic carbocycles. The van der Waals surface area contributed by atoms with Crippen molar-refractivity contribution in [3.05, 3.63) is 35.4 Å². The van der Waals surface area contributed by atoms with Gasteiger partial charge in [-0.3, -0.25) is 14.4 Å². The van der Waals surface area contributed by atoms with E-state index in [2.05, 4.69) is 10.6 Å². The van der Waals surface area contributed by atoms with E-state index in [1.54, 1.807) is 28.4 Å². The number of carbonyl (C=O) groups excluding carboxylic acids is 3. The molecule has 1 aliphatic carbocycles. The monoisotopic (exact) mass is 447 g/mol. The Morgan fingerprint density at radius 1 is 1.23 bits per heavy atom. The first-order chi connectivity index (χ1) is 14.6. The minimum atomic E-state index is -0.559. The maximum absolute atomic E-state index is 13.1. The molecule has 0 spiro atoms. The van der Waals surface area contributed by atoms with Crippen molar-refractivity contribution in [3.63, 3.8) is 0 Å². The van der Waals surface area contributed by atoms with E-state index >= 15 is 0 Å². The molecule has 4 rings (SSSR count). The van der Waals surface area contributed by atoms with Crippen molar-refractivity contribution < 1.29 is 14.4 Å². The van der Waals surface area contributed by atoms with Crippen LogP contribution in [0.3, 0.4) is 0 Å². The number of rotatable bonds is 7. The van der Waals surface area contributed by atoms with Crippen molar-refractivity contribution in [1.29, 1.82) is 0 Å². The molecule has 2 fully saturated rings. The fourth-order valence-corrected chi connectivity index (χ4v) is 6.50. The number of nitrogens with one attached hydrogen (secondary N) is 2. The number of benzene rings is 1. The second kappa shape index (κ2) is 9.64. The number of thioether (sulfide) groups is 2. The van der Waals surface area contributed by atoms with E-state index in [-0.39, 0.29) is 29.1 Å². The lowest BCUT2D eigenvalue weighted by Gasteiger charge is -2.28. The Kier molecular flexibility index (Phi) is 6.93. The molecular formula is C22H29N3O3S2. The number of fused-ring (bicyclic) bond motifs is 3. The van der Waals surface area contributed by atoms with Crippen LogP contribution in [-0.4, -0.2) is 58.5 Å². The Morgan fingerprint density at radius 3 is 2.77 bits per heavy atom. The van der Waals surface area contributed by atoms with E-state index in [9.17, 15) is 14.4 Å². The average molecular weight is 448 g/mol. The summed E-state index contributed by atoms with van der Waals surface area (Å²) in [6, 6.07) is 6.68. The standard InChI is InChI=1S/C22H29N3O3S2/c1-29-12-11-17(19(26)23-14-7-3-2-4-8-14)24-20(27)18-13-30-22-16-10-6-5-9-15(16)21(28)25(18)22/h5-6,9-10,14,17-18,22H,2-4,7-8,11-13H2,1H3,(H,23,26)(H,24,27)/t17-,18-,22+/m0/s1. The Balaban J connectivity index is 1.42. The van der Waals surface area contributed by atoms with Gasteiger partial charge in [0.15, 0.2) is 0 Å². The molecule has 162 valence electrons.